The predicted octanol–water partition coefficient (Wildman–Crippen LogP) is 8.94. The van der Waals surface area contributed by atoms with Crippen molar-refractivity contribution in [2.24, 2.45) is 0 Å². The zero-order valence-electron chi connectivity index (χ0n) is 30.0. The number of rotatable bonds is 4. The number of hydrogen-bond acceptors (Lipinski definition) is 4. The summed E-state index contributed by atoms with van der Waals surface area (Å²) >= 11 is 0. The molecule has 0 N–H and O–H groups in total. The first-order valence-electron chi connectivity index (χ1n) is 16.7. The molecule has 0 saturated heterocycles. The number of pyridine rings is 3. The molecule has 0 saturated carbocycles. The molecule has 7 rings (SSSR count). The summed E-state index contributed by atoms with van der Waals surface area (Å²) in [6.07, 6.45) is 2.21. The Hall–Kier alpha value is -3.44. The van der Waals surface area contributed by atoms with Crippen LogP contribution in [0.5, 0.6) is 0 Å². The molecule has 0 fully saturated rings. The van der Waals surface area contributed by atoms with Crippen LogP contribution < -0.4 is 5.19 Å². The summed E-state index contributed by atoms with van der Waals surface area (Å²) in [4.78, 5) is 13.3. The molecule has 0 unspecified atom stereocenters. The maximum Gasteiger partial charge on any atom is 0.216 e. The van der Waals surface area contributed by atoms with Crippen LogP contribution in [0, 0.1) is 12.1 Å². The molecular formula is C37H37IrN3OSi-2. The van der Waals surface area contributed by atoms with Crippen LogP contribution in [-0.4, -0.2) is 23.0 Å². The van der Waals surface area contributed by atoms with E-state index in [0.29, 0.717) is 33.7 Å². The third-order valence-corrected chi connectivity index (χ3v) is 9.38. The van der Waals surface area contributed by atoms with Gasteiger partial charge in [0.05, 0.1) is 13.7 Å². The van der Waals surface area contributed by atoms with Crippen molar-refractivity contribution in [3.05, 3.63) is 108 Å². The Morgan fingerprint density at radius 3 is 2.40 bits per heavy atom. The van der Waals surface area contributed by atoms with Crippen molar-refractivity contribution in [1.82, 2.24) is 15.0 Å². The SMILES string of the molecule is [2H]C(C)(C)c1cc(-c2[c-]cccc2)ncc1[Si](C)(C)C.[2H]C1([2H])CCC([2H])([2H])c2cc(-c3[c-]ccc4c3oc3ncccc34)ncc21.[Ir]. The van der Waals surface area contributed by atoms with Gasteiger partial charge < -0.3 is 14.4 Å². The second kappa shape index (κ2) is 13.0. The van der Waals surface area contributed by atoms with Crippen molar-refractivity contribution in [3.63, 3.8) is 0 Å². The number of furan rings is 1. The van der Waals surface area contributed by atoms with Crippen molar-refractivity contribution >= 4 is 35.3 Å². The maximum absolute atomic E-state index is 8.44. The van der Waals surface area contributed by atoms with E-state index in [1.54, 1.807) is 18.3 Å². The minimum absolute atomic E-state index is 0. The molecule has 2 aromatic carbocycles. The third-order valence-electron chi connectivity index (χ3n) is 7.36. The Morgan fingerprint density at radius 1 is 0.860 bits per heavy atom. The van der Waals surface area contributed by atoms with E-state index in [9.17, 15) is 0 Å². The number of aromatic nitrogens is 3. The number of benzene rings is 2. The molecule has 0 amide bonds. The summed E-state index contributed by atoms with van der Waals surface area (Å²) in [5.41, 5.74) is 5.91. The first-order chi connectivity index (χ1) is 22.1. The van der Waals surface area contributed by atoms with E-state index in [2.05, 4.69) is 52.8 Å². The van der Waals surface area contributed by atoms with Crippen LogP contribution in [0.15, 0.2) is 83.7 Å². The number of fused-ring (bicyclic) bond motifs is 4. The average molecular weight is 765 g/mol. The molecule has 1 aliphatic carbocycles. The Morgan fingerprint density at radius 2 is 1.65 bits per heavy atom. The first-order valence-corrected chi connectivity index (χ1v) is 17.7. The predicted molar refractivity (Wildman–Crippen MR) is 176 cm³/mol. The van der Waals surface area contributed by atoms with E-state index in [-0.39, 0.29) is 32.9 Å². The molecule has 1 aliphatic rings. The summed E-state index contributed by atoms with van der Waals surface area (Å²) in [5.74, 6) is -0.609. The molecule has 43 heavy (non-hydrogen) atoms. The topological polar surface area (TPSA) is 51.8 Å². The maximum atomic E-state index is 8.44. The van der Waals surface area contributed by atoms with Crippen molar-refractivity contribution in [3.8, 4) is 22.5 Å². The van der Waals surface area contributed by atoms with E-state index in [1.807, 2.05) is 62.5 Å². The van der Waals surface area contributed by atoms with Gasteiger partial charge in [0, 0.05) is 50.9 Å². The van der Waals surface area contributed by atoms with Crippen LogP contribution in [0.25, 0.3) is 44.6 Å². The van der Waals surface area contributed by atoms with Crippen LogP contribution in [0.2, 0.25) is 19.6 Å². The number of aryl methyl sites for hydroxylation is 2. The number of hydrogen-bond donors (Lipinski definition) is 0. The Labute approximate surface area is 276 Å². The summed E-state index contributed by atoms with van der Waals surface area (Å²) in [5, 5.41) is 3.06. The van der Waals surface area contributed by atoms with E-state index in [1.165, 1.54) is 11.4 Å². The minimum Gasteiger partial charge on any atom is -0.486 e. The van der Waals surface area contributed by atoms with Crippen LogP contribution in [0.4, 0.5) is 0 Å². The van der Waals surface area contributed by atoms with Gasteiger partial charge in [0.25, 0.3) is 0 Å². The molecule has 0 bridgehead atoms. The van der Waals surface area contributed by atoms with Crippen LogP contribution in [0.3, 0.4) is 0 Å². The fraction of sp³-hybridized carbons (Fsp3) is 0.270. The smallest absolute Gasteiger partial charge is 0.216 e. The molecule has 0 atom stereocenters. The minimum atomic E-state index is -1.60. The molecule has 1 radical (unpaired) electrons. The summed E-state index contributed by atoms with van der Waals surface area (Å²) in [6.45, 7) is 10.8. The van der Waals surface area contributed by atoms with Crippen LogP contribution in [-0.2, 0) is 32.9 Å². The van der Waals surface area contributed by atoms with E-state index < -0.39 is 26.7 Å². The molecule has 4 heterocycles. The molecule has 6 heteroatoms. The molecular weight excluding hydrogens is 723 g/mol. The summed E-state index contributed by atoms with van der Waals surface area (Å²) in [6, 6.07) is 25.4. The summed E-state index contributed by atoms with van der Waals surface area (Å²) in [7, 11) is -1.50. The van der Waals surface area contributed by atoms with Crippen molar-refractivity contribution in [2.75, 3.05) is 0 Å². The van der Waals surface area contributed by atoms with Crippen molar-refractivity contribution < 1.29 is 31.4 Å². The van der Waals surface area contributed by atoms with E-state index in [0.717, 1.165) is 27.6 Å². The van der Waals surface area contributed by atoms with Gasteiger partial charge in [0.2, 0.25) is 5.71 Å². The van der Waals surface area contributed by atoms with Gasteiger partial charge in [-0.2, -0.15) is 0 Å². The average Bonchev–Trinajstić information content (AvgIpc) is 3.42. The van der Waals surface area contributed by atoms with Gasteiger partial charge in [-0.25, -0.2) is 4.98 Å². The van der Waals surface area contributed by atoms with Gasteiger partial charge in [-0.05, 0) is 65.8 Å². The largest absolute Gasteiger partial charge is 0.486 e. The van der Waals surface area contributed by atoms with Crippen LogP contribution in [0.1, 0.15) is 56.1 Å². The van der Waals surface area contributed by atoms with Gasteiger partial charge in [-0.1, -0.05) is 67.7 Å². The van der Waals surface area contributed by atoms with Gasteiger partial charge in [-0.15, -0.1) is 54.1 Å². The molecule has 0 spiro atoms. The zero-order chi connectivity index (χ0) is 33.8. The van der Waals surface area contributed by atoms with Gasteiger partial charge in [-0.3, -0.25) is 0 Å². The monoisotopic (exact) mass is 765 g/mol. The molecule has 221 valence electrons. The van der Waals surface area contributed by atoms with Crippen molar-refractivity contribution in [2.45, 2.75) is 65.0 Å². The Balaban J connectivity index is 0.000000193. The third kappa shape index (κ3) is 6.57. The van der Waals surface area contributed by atoms with E-state index >= 15 is 0 Å². The quantitative estimate of drug-likeness (QED) is 0.133. The van der Waals surface area contributed by atoms with Gasteiger partial charge >= 0.3 is 0 Å². The molecule has 4 aromatic heterocycles. The Bertz CT molecular complexity index is 2090. The van der Waals surface area contributed by atoms with Crippen molar-refractivity contribution in [1.29, 1.82) is 0 Å². The van der Waals surface area contributed by atoms with Gasteiger partial charge in [0.15, 0.2) is 0 Å². The molecule has 0 aliphatic heterocycles. The Kier molecular flexibility index (Phi) is 7.57. The first kappa shape index (κ1) is 24.9. The zero-order valence-corrected chi connectivity index (χ0v) is 28.4. The van der Waals surface area contributed by atoms with E-state index in [4.69, 9.17) is 11.3 Å². The normalized spacial score (nSPS) is 17.2. The molecule has 4 nitrogen and oxygen atoms in total. The van der Waals surface area contributed by atoms with Gasteiger partial charge in [0.1, 0.15) is 0 Å². The molecule has 6 aromatic rings. The fourth-order valence-electron chi connectivity index (χ4n) is 5.21. The number of nitrogens with zero attached hydrogens (tertiary/aromatic N) is 3. The fourth-order valence-corrected chi connectivity index (χ4v) is 6.79. The van der Waals surface area contributed by atoms with Crippen LogP contribution >= 0.6 is 0 Å². The second-order valence-electron chi connectivity index (χ2n) is 11.7. The second-order valence-corrected chi connectivity index (χ2v) is 16.7. The summed E-state index contributed by atoms with van der Waals surface area (Å²) < 4.78 is 47.4. The standard InChI is InChI=1S/C20H15N2O.C17H22NSi.Ir/c1-2-6-14-12-22-18(11-13(14)5-1)17-8-3-7-15-16-9-4-10-21-20(16)23-19(15)17;1-13(2)15-11-16(14-9-7-6-8-10-14)18-12-17(15)19(3,4)5;/h3-4,7,9-12H,1-2,5-6H2;6-9,11-13H,1-5H3;/q2*-1;/i5D2,6D2;13D;.